The smallest absolute Gasteiger partial charge is 0.227 e. The minimum Gasteiger partial charge on any atom is -0.354 e. The fourth-order valence-electron chi connectivity index (χ4n) is 4.40. The summed E-state index contributed by atoms with van der Waals surface area (Å²) in [5, 5.41) is 13.9. The van der Waals surface area contributed by atoms with Gasteiger partial charge in [0.15, 0.2) is 0 Å². The molecular formula is C24H29N5O2. The summed E-state index contributed by atoms with van der Waals surface area (Å²) in [7, 11) is 0. The molecular weight excluding hydrogens is 390 g/mol. The molecule has 0 bridgehead atoms. The van der Waals surface area contributed by atoms with E-state index in [1.54, 1.807) is 4.90 Å². The molecule has 4 rings (SSSR count). The van der Waals surface area contributed by atoms with Crippen LogP contribution in [0.3, 0.4) is 0 Å². The van der Waals surface area contributed by atoms with Crippen molar-refractivity contribution in [3.05, 3.63) is 65.2 Å². The van der Waals surface area contributed by atoms with Gasteiger partial charge in [-0.1, -0.05) is 47.7 Å². The summed E-state index contributed by atoms with van der Waals surface area (Å²) in [6.07, 6.45) is 0.332. The molecule has 0 fully saturated rings. The van der Waals surface area contributed by atoms with Crippen LogP contribution in [0.15, 0.2) is 58.9 Å². The zero-order chi connectivity index (χ0) is 22.0. The summed E-state index contributed by atoms with van der Waals surface area (Å²) >= 11 is 0. The predicted molar refractivity (Wildman–Crippen MR) is 119 cm³/mol. The number of hydrogen-bond acceptors (Lipinski definition) is 5. The maximum Gasteiger partial charge on any atom is 0.227 e. The number of carbonyl (C=O) groups excluding carboxylic acids is 2. The quantitative estimate of drug-likeness (QED) is 0.784. The molecule has 2 atom stereocenters. The van der Waals surface area contributed by atoms with E-state index < -0.39 is 0 Å². The van der Waals surface area contributed by atoms with Gasteiger partial charge in [0, 0.05) is 36.7 Å². The first kappa shape index (κ1) is 21.0. The van der Waals surface area contributed by atoms with Crippen molar-refractivity contribution in [2.24, 2.45) is 10.3 Å². The molecule has 2 aromatic carbocycles. The number of nitrogens with zero attached hydrogens (tertiary/aromatic N) is 4. The molecule has 0 spiro atoms. The second-order valence-corrected chi connectivity index (χ2v) is 8.31. The van der Waals surface area contributed by atoms with Crippen molar-refractivity contribution >= 4 is 17.5 Å². The van der Waals surface area contributed by atoms with Crippen LogP contribution in [0.4, 0.5) is 5.69 Å². The van der Waals surface area contributed by atoms with Gasteiger partial charge >= 0.3 is 0 Å². The number of hydrogen-bond donors (Lipinski definition) is 1. The van der Waals surface area contributed by atoms with Crippen molar-refractivity contribution < 1.29 is 9.59 Å². The predicted octanol–water partition coefficient (Wildman–Crippen LogP) is 4.32. The number of nitrogens with one attached hydrogen (secondary N) is 1. The summed E-state index contributed by atoms with van der Waals surface area (Å²) < 4.78 is 0. The van der Waals surface area contributed by atoms with Crippen LogP contribution in [0, 0.1) is 0 Å². The van der Waals surface area contributed by atoms with Crippen molar-refractivity contribution in [2.75, 3.05) is 11.4 Å². The molecule has 2 unspecified atom stereocenters. The first-order chi connectivity index (χ1) is 15.0. The minimum absolute atomic E-state index is 0.0106. The Hall–Kier alpha value is -3.22. The molecule has 1 N–H and O–H groups in total. The van der Waals surface area contributed by atoms with Crippen LogP contribution in [0.2, 0.25) is 0 Å². The van der Waals surface area contributed by atoms with Crippen molar-refractivity contribution in [3.8, 4) is 0 Å². The summed E-state index contributed by atoms with van der Waals surface area (Å²) in [6, 6.07) is 16.0. The lowest BCUT2D eigenvalue weighted by atomic mass is 9.87. The lowest BCUT2D eigenvalue weighted by molar-refractivity contribution is -0.125. The van der Waals surface area contributed by atoms with Gasteiger partial charge in [-0.15, -0.1) is 0 Å². The molecule has 2 aliphatic heterocycles. The van der Waals surface area contributed by atoms with Crippen molar-refractivity contribution in [2.45, 2.75) is 58.3 Å². The van der Waals surface area contributed by atoms with E-state index in [4.69, 9.17) is 0 Å². The van der Waals surface area contributed by atoms with Gasteiger partial charge in [0.25, 0.3) is 0 Å². The summed E-state index contributed by atoms with van der Waals surface area (Å²) in [5.41, 5.74) is 4.06. The molecule has 7 nitrogen and oxygen atoms in total. The van der Waals surface area contributed by atoms with Gasteiger partial charge in [-0.3, -0.25) is 14.6 Å². The largest absolute Gasteiger partial charge is 0.354 e. The first-order valence-electron chi connectivity index (χ1n) is 10.9. The van der Waals surface area contributed by atoms with Crippen molar-refractivity contribution in [3.63, 3.8) is 0 Å². The number of likely N-dealkylation sites (N-methyl/N-ethyl adjacent to an activating group) is 1. The van der Waals surface area contributed by atoms with E-state index in [9.17, 15) is 9.59 Å². The fraction of sp³-hybridized carbons (Fsp3) is 0.417. The average molecular weight is 420 g/mol. The SMILES string of the molecule is CCN1N=NC2c3ccccc3N(C(=O)CCC(=O)NC(C)C)Cc3ccccc3C21. The second kappa shape index (κ2) is 8.88. The molecule has 162 valence electrons. The van der Waals surface area contributed by atoms with Gasteiger partial charge < -0.3 is 10.2 Å². The van der Waals surface area contributed by atoms with E-state index in [1.165, 1.54) is 0 Å². The maximum atomic E-state index is 13.3. The zero-order valence-electron chi connectivity index (χ0n) is 18.3. The summed E-state index contributed by atoms with van der Waals surface area (Å²) in [5.74, 6) is -0.172. The van der Waals surface area contributed by atoms with Gasteiger partial charge in [0.1, 0.15) is 12.1 Å². The molecule has 2 aliphatic rings. The first-order valence-corrected chi connectivity index (χ1v) is 10.9. The van der Waals surface area contributed by atoms with Crippen molar-refractivity contribution in [1.29, 1.82) is 0 Å². The van der Waals surface area contributed by atoms with E-state index in [0.717, 1.165) is 28.9 Å². The molecule has 2 aromatic rings. The number of anilines is 1. The number of para-hydroxylation sites is 1. The molecule has 2 heterocycles. The Labute approximate surface area is 183 Å². The van der Waals surface area contributed by atoms with Gasteiger partial charge in [0.2, 0.25) is 11.8 Å². The van der Waals surface area contributed by atoms with E-state index >= 15 is 0 Å². The van der Waals surface area contributed by atoms with Crippen LogP contribution in [0.5, 0.6) is 0 Å². The highest BCUT2D eigenvalue weighted by Crippen LogP contribution is 2.47. The van der Waals surface area contributed by atoms with Crippen LogP contribution in [0.25, 0.3) is 0 Å². The third kappa shape index (κ3) is 4.17. The Kier molecular flexibility index (Phi) is 6.02. The highest BCUT2D eigenvalue weighted by Gasteiger charge is 2.39. The number of amides is 2. The summed E-state index contributed by atoms with van der Waals surface area (Å²) in [6.45, 7) is 7.12. The second-order valence-electron chi connectivity index (χ2n) is 8.31. The Morgan fingerprint density at radius 3 is 2.52 bits per heavy atom. The third-order valence-electron chi connectivity index (χ3n) is 5.80. The fourth-order valence-corrected chi connectivity index (χ4v) is 4.40. The van der Waals surface area contributed by atoms with Gasteiger partial charge in [-0.25, -0.2) is 0 Å². The molecule has 2 amide bonds. The lowest BCUT2D eigenvalue weighted by Gasteiger charge is -2.34. The Bertz CT molecular complexity index is 1000. The van der Waals surface area contributed by atoms with Gasteiger partial charge in [-0.2, -0.15) is 5.11 Å². The molecule has 31 heavy (non-hydrogen) atoms. The maximum absolute atomic E-state index is 13.3. The third-order valence-corrected chi connectivity index (χ3v) is 5.80. The Balaban J connectivity index is 1.71. The standard InChI is InChI=1S/C24H29N5O2/c1-4-29-24-18-10-6-5-9-17(18)15-28(22(31)14-13-21(30)25-16(2)3)20-12-8-7-11-19(20)23(24)26-27-29/h5-12,16,23-24H,4,13-15H2,1-3H3,(H,25,30). The van der Waals surface area contributed by atoms with E-state index in [0.29, 0.717) is 6.54 Å². The van der Waals surface area contributed by atoms with Gasteiger partial charge in [-0.05, 0) is 38.0 Å². The molecule has 0 aromatic heterocycles. The normalized spacial score (nSPS) is 19.4. The average Bonchev–Trinajstić information content (AvgIpc) is 3.18. The van der Waals surface area contributed by atoms with E-state index in [1.807, 2.05) is 55.3 Å². The van der Waals surface area contributed by atoms with E-state index in [2.05, 4.69) is 34.7 Å². The monoisotopic (exact) mass is 419 g/mol. The molecule has 0 aliphatic carbocycles. The number of fused-ring (bicyclic) bond motifs is 5. The van der Waals surface area contributed by atoms with Crippen LogP contribution in [-0.2, 0) is 16.1 Å². The van der Waals surface area contributed by atoms with Crippen LogP contribution < -0.4 is 10.2 Å². The number of rotatable bonds is 5. The molecule has 7 heteroatoms. The highest BCUT2D eigenvalue weighted by molar-refractivity contribution is 5.96. The molecule has 0 saturated carbocycles. The summed E-state index contributed by atoms with van der Waals surface area (Å²) in [4.78, 5) is 27.2. The topological polar surface area (TPSA) is 77.4 Å². The Morgan fingerprint density at radius 1 is 1.06 bits per heavy atom. The van der Waals surface area contributed by atoms with E-state index in [-0.39, 0.29) is 42.8 Å². The number of carbonyl (C=O) groups is 2. The number of benzene rings is 2. The van der Waals surface area contributed by atoms with Crippen LogP contribution in [-0.4, -0.2) is 29.4 Å². The van der Waals surface area contributed by atoms with Crippen LogP contribution in [0.1, 0.15) is 62.4 Å². The zero-order valence-corrected chi connectivity index (χ0v) is 18.3. The highest BCUT2D eigenvalue weighted by atomic mass is 16.2. The molecule has 0 radical (unpaired) electrons. The Morgan fingerprint density at radius 2 is 1.77 bits per heavy atom. The molecule has 0 saturated heterocycles. The van der Waals surface area contributed by atoms with Gasteiger partial charge in [0.05, 0.1) is 6.54 Å². The minimum atomic E-state index is -0.183. The van der Waals surface area contributed by atoms with Crippen molar-refractivity contribution in [1.82, 2.24) is 10.3 Å². The van der Waals surface area contributed by atoms with Crippen LogP contribution >= 0.6 is 0 Å². The lowest BCUT2D eigenvalue weighted by Crippen LogP contribution is -2.36.